The monoisotopic (exact) mass is 324 g/mol. The number of carbonyl (C=O) groups excluding carboxylic acids is 2. The molecule has 0 aliphatic heterocycles. The second-order valence-corrected chi connectivity index (χ2v) is 6.22. The van der Waals surface area contributed by atoms with Crippen molar-refractivity contribution in [3.63, 3.8) is 0 Å². The Kier molecular flexibility index (Phi) is 5.77. The number of hydrogen-bond acceptors (Lipinski definition) is 4. The summed E-state index contributed by atoms with van der Waals surface area (Å²) in [5.41, 5.74) is 0.164. The predicted molar refractivity (Wildman–Crippen MR) is 83.6 cm³/mol. The first kappa shape index (κ1) is 16.7. The molecule has 0 unspecified atom stereocenters. The molecule has 1 amide bonds. The highest BCUT2D eigenvalue weighted by molar-refractivity contribution is 6.32. The van der Waals surface area contributed by atoms with E-state index < -0.39 is 5.97 Å². The Morgan fingerprint density at radius 1 is 1.41 bits per heavy atom. The van der Waals surface area contributed by atoms with Crippen LogP contribution in [0.15, 0.2) is 18.3 Å². The van der Waals surface area contributed by atoms with E-state index in [9.17, 15) is 9.59 Å². The van der Waals surface area contributed by atoms with E-state index in [0.29, 0.717) is 11.8 Å². The Hall–Kier alpha value is -1.62. The summed E-state index contributed by atoms with van der Waals surface area (Å²) >= 11 is 5.81. The number of ether oxygens (including phenoxy) is 1. The summed E-state index contributed by atoms with van der Waals surface area (Å²) in [6, 6.07) is 3.26. The third-order valence-corrected chi connectivity index (χ3v) is 4.67. The third kappa shape index (κ3) is 4.19. The van der Waals surface area contributed by atoms with Crippen LogP contribution in [0.1, 0.15) is 43.5 Å². The van der Waals surface area contributed by atoms with Crippen molar-refractivity contribution < 1.29 is 14.3 Å². The van der Waals surface area contributed by atoms with Crippen molar-refractivity contribution in [1.82, 2.24) is 10.3 Å². The summed E-state index contributed by atoms with van der Waals surface area (Å²) in [5, 5.41) is 3.03. The molecule has 1 fully saturated rings. The molecule has 0 bridgehead atoms. The van der Waals surface area contributed by atoms with E-state index in [2.05, 4.69) is 24.1 Å². The number of esters is 1. The maximum atomic E-state index is 11.9. The van der Waals surface area contributed by atoms with Gasteiger partial charge in [0.05, 0.1) is 5.56 Å². The molecule has 1 saturated carbocycles. The summed E-state index contributed by atoms with van der Waals surface area (Å²) in [7, 11) is 0. The molecule has 1 N–H and O–H groups in total. The molecule has 3 atom stereocenters. The third-order valence-electron chi connectivity index (χ3n) is 4.37. The number of aromatic nitrogens is 1. The molecular weight excluding hydrogens is 304 g/mol. The van der Waals surface area contributed by atoms with Gasteiger partial charge in [0.25, 0.3) is 5.91 Å². The van der Waals surface area contributed by atoms with Gasteiger partial charge in [0, 0.05) is 12.2 Å². The molecule has 120 valence electrons. The molecule has 0 aromatic carbocycles. The SMILES string of the molecule is C[C@H]1[C@@H](C)CCC[C@H]1NC(=O)COC(=O)c1cccnc1Cl. The lowest BCUT2D eigenvalue weighted by molar-refractivity contribution is -0.125. The van der Waals surface area contributed by atoms with Crippen LogP contribution in [0, 0.1) is 11.8 Å². The number of rotatable bonds is 4. The van der Waals surface area contributed by atoms with Gasteiger partial charge in [0.1, 0.15) is 5.15 Å². The van der Waals surface area contributed by atoms with Gasteiger partial charge in [-0.05, 0) is 30.4 Å². The molecule has 2 rings (SSSR count). The van der Waals surface area contributed by atoms with E-state index in [1.54, 1.807) is 6.07 Å². The first-order chi connectivity index (χ1) is 10.5. The lowest BCUT2D eigenvalue weighted by atomic mass is 9.78. The topological polar surface area (TPSA) is 68.3 Å². The highest BCUT2D eigenvalue weighted by Gasteiger charge is 2.28. The fraction of sp³-hybridized carbons (Fsp3) is 0.562. The van der Waals surface area contributed by atoms with Crippen LogP contribution in [0.5, 0.6) is 0 Å². The van der Waals surface area contributed by atoms with E-state index in [0.717, 1.165) is 12.8 Å². The maximum absolute atomic E-state index is 11.9. The van der Waals surface area contributed by atoms with Gasteiger partial charge in [-0.1, -0.05) is 38.3 Å². The van der Waals surface area contributed by atoms with Crippen molar-refractivity contribution in [1.29, 1.82) is 0 Å². The summed E-state index contributed by atoms with van der Waals surface area (Å²) in [6.07, 6.45) is 4.76. The number of nitrogens with zero attached hydrogens (tertiary/aromatic N) is 1. The van der Waals surface area contributed by atoms with Gasteiger partial charge >= 0.3 is 5.97 Å². The first-order valence-corrected chi connectivity index (χ1v) is 7.94. The summed E-state index contributed by atoms with van der Waals surface area (Å²) < 4.78 is 5.00. The van der Waals surface area contributed by atoms with Crippen molar-refractivity contribution in [2.75, 3.05) is 6.61 Å². The zero-order valence-electron chi connectivity index (χ0n) is 12.8. The predicted octanol–water partition coefficient (Wildman–Crippen LogP) is 2.83. The Bertz CT molecular complexity index is 550. The minimum absolute atomic E-state index is 0.0719. The number of hydrogen-bond donors (Lipinski definition) is 1. The van der Waals surface area contributed by atoms with Gasteiger partial charge in [-0.2, -0.15) is 0 Å². The fourth-order valence-electron chi connectivity index (χ4n) is 2.78. The molecule has 0 saturated heterocycles. The zero-order chi connectivity index (χ0) is 16.1. The smallest absolute Gasteiger partial charge is 0.341 e. The molecular formula is C16H21ClN2O3. The van der Waals surface area contributed by atoms with Gasteiger partial charge in [-0.25, -0.2) is 9.78 Å². The van der Waals surface area contributed by atoms with E-state index in [4.69, 9.17) is 16.3 Å². The van der Waals surface area contributed by atoms with Crippen LogP contribution in [-0.2, 0) is 9.53 Å². The Balaban J connectivity index is 1.83. The van der Waals surface area contributed by atoms with Crippen molar-refractivity contribution in [2.24, 2.45) is 11.8 Å². The van der Waals surface area contributed by atoms with Gasteiger partial charge in [0.2, 0.25) is 0 Å². The van der Waals surface area contributed by atoms with Crippen LogP contribution in [0.25, 0.3) is 0 Å². The largest absolute Gasteiger partial charge is 0.452 e. The molecule has 6 heteroatoms. The number of halogens is 1. The second kappa shape index (κ2) is 7.58. The molecule has 22 heavy (non-hydrogen) atoms. The van der Waals surface area contributed by atoms with Crippen LogP contribution in [0.2, 0.25) is 5.15 Å². The minimum atomic E-state index is -0.640. The highest BCUT2D eigenvalue weighted by atomic mass is 35.5. The lowest BCUT2D eigenvalue weighted by Crippen LogP contribution is -2.45. The van der Waals surface area contributed by atoms with Crippen LogP contribution < -0.4 is 5.32 Å². The molecule has 1 aromatic heterocycles. The van der Waals surface area contributed by atoms with E-state index in [-0.39, 0.29) is 29.3 Å². The molecule has 1 aliphatic rings. The van der Waals surface area contributed by atoms with Gasteiger partial charge < -0.3 is 10.1 Å². The summed E-state index contributed by atoms with van der Waals surface area (Å²) in [4.78, 5) is 27.6. The highest BCUT2D eigenvalue weighted by Crippen LogP contribution is 2.29. The number of carbonyl (C=O) groups is 2. The Labute approximate surface area is 135 Å². The lowest BCUT2D eigenvalue weighted by Gasteiger charge is -2.34. The Morgan fingerprint density at radius 2 is 2.18 bits per heavy atom. The first-order valence-electron chi connectivity index (χ1n) is 7.56. The number of nitrogens with one attached hydrogen (secondary N) is 1. The van der Waals surface area contributed by atoms with Crippen molar-refractivity contribution in [2.45, 2.75) is 39.2 Å². The van der Waals surface area contributed by atoms with Crippen LogP contribution in [0.3, 0.4) is 0 Å². The Morgan fingerprint density at radius 3 is 2.91 bits per heavy atom. The number of amides is 1. The standard InChI is InChI=1S/C16H21ClN2O3/c1-10-5-3-7-13(11(10)2)19-14(20)9-22-16(21)12-6-4-8-18-15(12)17/h4,6,8,10-11,13H,3,5,7,9H2,1-2H3,(H,19,20)/t10-,11-,13+/m0/s1. The summed E-state index contributed by atoms with van der Waals surface area (Å²) in [6.45, 7) is 4.05. The quantitative estimate of drug-likeness (QED) is 0.683. The van der Waals surface area contributed by atoms with Crippen LogP contribution >= 0.6 is 11.6 Å². The average Bonchev–Trinajstić information content (AvgIpc) is 2.50. The van der Waals surface area contributed by atoms with Crippen molar-refractivity contribution >= 4 is 23.5 Å². The van der Waals surface area contributed by atoms with Gasteiger partial charge in [-0.15, -0.1) is 0 Å². The van der Waals surface area contributed by atoms with E-state index >= 15 is 0 Å². The molecule has 0 spiro atoms. The van der Waals surface area contributed by atoms with E-state index in [1.165, 1.54) is 18.7 Å². The zero-order valence-corrected chi connectivity index (χ0v) is 13.6. The number of pyridine rings is 1. The molecule has 1 heterocycles. The van der Waals surface area contributed by atoms with Crippen LogP contribution in [0.4, 0.5) is 0 Å². The van der Waals surface area contributed by atoms with Crippen molar-refractivity contribution in [3.05, 3.63) is 29.0 Å². The summed E-state index contributed by atoms with van der Waals surface area (Å²) in [5.74, 6) is 0.106. The fourth-order valence-corrected chi connectivity index (χ4v) is 2.98. The van der Waals surface area contributed by atoms with Gasteiger partial charge in [0.15, 0.2) is 6.61 Å². The molecule has 5 nitrogen and oxygen atoms in total. The maximum Gasteiger partial charge on any atom is 0.341 e. The minimum Gasteiger partial charge on any atom is -0.452 e. The second-order valence-electron chi connectivity index (χ2n) is 5.86. The van der Waals surface area contributed by atoms with Crippen LogP contribution in [-0.4, -0.2) is 29.5 Å². The normalized spacial score (nSPS) is 24.6. The van der Waals surface area contributed by atoms with E-state index in [1.807, 2.05) is 0 Å². The molecule has 1 aliphatic carbocycles. The van der Waals surface area contributed by atoms with Crippen molar-refractivity contribution in [3.8, 4) is 0 Å². The molecule has 0 radical (unpaired) electrons. The van der Waals surface area contributed by atoms with Gasteiger partial charge in [-0.3, -0.25) is 4.79 Å². The average molecular weight is 325 g/mol. The molecule has 1 aromatic rings.